The van der Waals surface area contributed by atoms with Crippen LogP contribution in [-0.2, 0) is 13.6 Å². The molecule has 0 aromatic carbocycles. The monoisotopic (exact) mass is 530 g/mol. The summed E-state index contributed by atoms with van der Waals surface area (Å²) in [6.07, 6.45) is 4.26. The minimum Gasteiger partial charge on any atom is -0.414 e. The van der Waals surface area contributed by atoms with Crippen LogP contribution in [0.15, 0.2) is 12.4 Å². The number of anilines is 1. The van der Waals surface area contributed by atoms with Crippen LogP contribution in [0.2, 0.25) is 36.3 Å². The van der Waals surface area contributed by atoms with E-state index in [-0.39, 0.29) is 28.1 Å². The number of nitrogens with zero attached hydrogens (tertiary/aromatic N) is 5. The fourth-order valence-electron chi connectivity index (χ4n) is 3.65. The Morgan fingerprint density at radius 1 is 1.14 bits per heavy atom. The van der Waals surface area contributed by atoms with Crippen LogP contribution in [0.4, 0.5) is 5.82 Å². The Kier molecular flexibility index (Phi) is 7.89. The lowest BCUT2D eigenvalue weighted by Crippen LogP contribution is -2.45. The van der Waals surface area contributed by atoms with Crippen molar-refractivity contribution in [3.05, 3.63) is 18.2 Å². The van der Waals surface area contributed by atoms with E-state index in [1.165, 1.54) is 12.4 Å². The highest BCUT2D eigenvalue weighted by atomic mass is 28.4. The summed E-state index contributed by atoms with van der Waals surface area (Å²) in [5.74, 6) is 0.807. The SMILES string of the molecule is CC(C)(C)[Si](C)(C)OC[C@@H]1C[C@@H](O[Si](C)(C)C(C)(C)C)[C@H](n2c(/C=C/C#N)nc3c(N)ncnc32)O1. The highest BCUT2D eigenvalue weighted by Gasteiger charge is 2.47. The molecule has 3 heterocycles. The third kappa shape index (κ3) is 5.73. The molecule has 1 saturated heterocycles. The Hall–Kier alpha value is -2.11. The van der Waals surface area contributed by atoms with Gasteiger partial charge < -0.3 is 19.3 Å². The van der Waals surface area contributed by atoms with Gasteiger partial charge in [-0.05, 0) is 42.3 Å². The van der Waals surface area contributed by atoms with Gasteiger partial charge in [0.25, 0.3) is 0 Å². The number of allylic oxidation sites excluding steroid dienone is 1. The number of fused-ring (bicyclic) bond motifs is 1. The molecule has 198 valence electrons. The van der Waals surface area contributed by atoms with E-state index >= 15 is 0 Å². The maximum Gasteiger partial charge on any atom is 0.192 e. The first-order chi connectivity index (χ1) is 16.5. The van der Waals surface area contributed by atoms with Crippen LogP contribution in [0.3, 0.4) is 0 Å². The smallest absolute Gasteiger partial charge is 0.192 e. The number of ether oxygens (including phenoxy) is 1. The van der Waals surface area contributed by atoms with E-state index in [0.717, 1.165) is 0 Å². The molecule has 36 heavy (non-hydrogen) atoms. The van der Waals surface area contributed by atoms with Gasteiger partial charge in [-0.1, -0.05) is 41.5 Å². The van der Waals surface area contributed by atoms with E-state index in [4.69, 9.17) is 19.3 Å². The maximum absolute atomic E-state index is 9.17. The van der Waals surface area contributed by atoms with Crippen LogP contribution in [-0.4, -0.2) is 55.0 Å². The third-order valence-corrected chi connectivity index (χ3v) is 16.9. The van der Waals surface area contributed by atoms with Crippen molar-refractivity contribution < 1.29 is 13.6 Å². The second kappa shape index (κ2) is 9.98. The molecule has 0 aliphatic carbocycles. The molecule has 0 bridgehead atoms. The van der Waals surface area contributed by atoms with Gasteiger partial charge in [0.2, 0.25) is 0 Å². The number of hydrogen-bond donors (Lipinski definition) is 1. The Balaban J connectivity index is 2.04. The van der Waals surface area contributed by atoms with Crippen molar-refractivity contribution in [3.63, 3.8) is 0 Å². The molecule has 3 atom stereocenters. The van der Waals surface area contributed by atoms with Crippen LogP contribution in [0.1, 0.15) is 60.0 Å². The lowest BCUT2D eigenvalue weighted by atomic mass is 10.2. The Bertz CT molecular complexity index is 1160. The third-order valence-electron chi connectivity index (χ3n) is 7.93. The van der Waals surface area contributed by atoms with Crippen molar-refractivity contribution >= 4 is 39.7 Å². The summed E-state index contributed by atoms with van der Waals surface area (Å²) in [5.41, 5.74) is 7.16. The molecule has 2 N–H and O–H groups in total. The Labute approximate surface area is 217 Å². The zero-order valence-corrected chi connectivity index (χ0v) is 25.4. The first kappa shape index (κ1) is 28.5. The summed E-state index contributed by atoms with van der Waals surface area (Å²) < 4.78 is 22.0. The summed E-state index contributed by atoms with van der Waals surface area (Å²) >= 11 is 0. The number of nitrogens with two attached hydrogens (primary N) is 1. The maximum atomic E-state index is 9.17. The highest BCUT2D eigenvalue weighted by molar-refractivity contribution is 6.74. The van der Waals surface area contributed by atoms with E-state index in [9.17, 15) is 5.26 Å². The minimum absolute atomic E-state index is 0.0282. The molecule has 0 radical (unpaired) electrons. The zero-order valence-electron chi connectivity index (χ0n) is 23.4. The van der Waals surface area contributed by atoms with Gasteiger partial charge in [0, 0.05) is 12.5 Å². The quantitative estimate of drug-likeness (QED) is 0.360. The van der Waals surface area contributed by atoms with Crippen LogP contribution >= 0.6 is 0 Å². The predicted molar refractivity (Wildman–Crippen MR) is 148 cm³/mol. The second-order valence-electron chi connectivity index (χ2n) is 12.6. The lowest BCUT2D eigenvalue weighted by molar-refractivity contribution is -0.0446. The van der Waals surface area contributed by atoms with Crippen LogP contribution < -0.4 is 5.73 Å². The molecule has 1 aliphatic rings. The molecule has 0 amide bonds. The van der Waals surface area contributed by atoms with Crippen LogP contribution in [0.25, 0.3) is 17.2 Å². The summed E-state index contributed by atoms with van der Waals surface area (Å²) in [6, 6.07) is 2.04. The minimum atomic E-state index is -2.14. The molecule has 2 aromatic rings. The number of nitriles is 1. The number of aromatic nitrogens is 4. The van der Waals surface area contributed by atoms with E-state index in [2.05, 4.69) is 82.7 Å². The van der Waals surface area contributed by atoms with Crippen molar-refractivity contribution in [2.75, 3.05) is 12.3 Å². The molecule has 1 aliphatic heterocycles. The summed E-state index contributed by atoms with van der Waals surface area (Å²) in [7, 11) is -4.09. The lowest BCUT2D eigenvalue weighted by Gasteiger charge is -2.39. The fraction of sp³-hybridized carbons (Fsp3) is 0.680. The molecule has 0 saturated carbocycles. The van der Waals surface area contributed by atoms with Gasteiger partial charge in [-0.15, -0.1) is 0 Å². The van der Waals surface area contributed by atoms with Crippen molar-refractivity contribution in [2.45, 2.75) is 103 Å². The molecule has 0 unspecified atom stereocenters. The largest absolute Gasteiger partial charge is 0.414 e. The average molecular weight is 531 g/mol. The molecule has 1 fully saturated rings. The number of rotatable bonds is 7. The summed E-state index contributed by atoms with van der Waals surface area (Å²) in [4.78, 5) is 13.2. The molecule has 2 aromatic heterocycles. The van der Waals surface area contributed by atoms with Gasteiger partial charge in [0.15, 0.2) is 39.8 Å². The standard InChI is InChI=1S/C25H42N6O3Si2/c1-24(2,3)35(7,8)32-15-17-14-18(34-36(9,10)25(4,5)6)23(33-17)31-19(12-11-13-26)30-20-21(27)28-16-29-22(20)31/h11-12,16-18,23H,14-15H2,1-10H3,(H2,27,28,29)/b12-11+/t17-,18+,23+/m0/s1. The van der Waals surface area contributed by atoms with Gasteiger partial charge in [0.05, 0.1) is 24.9 Å². The fourth-order valence-corrected chi connectivity index (χ4v) is 6.01. The molecule has 3 rings (SSSR count). The van der Waals surface area contributed by atoms with E-state index in [1.807, 2.05) is 10.6 Å². The number of nitrogen functional groups attached to an aromatic ring is 1. The van der Waals surface area contributed by atoms with Gasteiger partial charge in [-0.3, -0.25) is 4.57 Å². The van der Waals surface area contributed by atoms with Gasteiger partial charge >= 0.3 is 0 Å². The molecule has 0 spiro atoms. The van der Waals surface area contributed by atoms with Crippen LogP contribution in [0, 0.1) is 11.3 Å². The van der Waals surface area contributed by atoms with Crippen LogP contribution in [0.5, 0.6) is 0 Å². The topological polar surface area (TPSA) is 121 Å². The van der Waals surface area contributed by atoms with E-state index in [1.54, 1.807) is 6.08 Å². The normalized spacial score (nSPS) is 22.0. The van der Waals surface area contributed by atoms with Crippen molar-refractivity contribution in [2.24, 2.45) is 0 Å². The van der Waals surface area contributed by atoms with Gasteiger partial charge in [0.1, 0.15) is 12.2 Å². The molecule has 11 heteroatoms. The van der Waals surface area contributed by atoms with Crippen molar-refractivity contribution in [1.29, 1.82) is 5.26 Å². The molecular weight excluding hydrogens is 488 g/mol. The second-order valence-corrected chi connectivity index (χ2v) is 22.2. The predicted octanol–water partition coefficient (Wildman–Crippen LogP) is 5.64. The molecular formula is C25H42N6O3Si2. The van der Waals surface area contributed by atoms with E-state index < -0.39 is 22.9 Å². The first-order valence-corrected chi connectivity index (χ1v) is 18.3. The number of imidazole rings is 1. The Morgan fingerprint density at radius 2 is 1.78 bits per heavy atom. The molecule has 9 nitrogen and oxygen atoms in total. The zero-order chi connectivity index (χ0) is 27.1. The van der Waals surface area contributed by atoms with Gasteiger partial charge in [-0.2, -0.15) is 5.26 Å². The average Bonchev–Trinajstić information content (AvgIpc) is 3.30. The van der Waals surface area contributed by atoms with E-state index in [0.29, 0.717) is 30.0 Å². The highest BCUT2D eigenvalue weighted by Crippen LogP contribution is 2.43. The van der Waals surface area contributed by atoms with Crippen molar-refractivity contribution in [1.82, 2.24) is 19.5 Å². The number of hydrogen-bond acceptors (Lipinski definition) is 8. The summed E-state index contributed by atoms with van der Waals surface area (Å²) in [6.45, 7) is 22.9. The van der Waals surface area contributed by atoms with Crippen molar-refractivity contribution in [3.8, 4) is 6.07 Å². The summed E-state index contributed by atoms with van der Waals surface area (Å²) in [5, 5.41) is 9.30. The Morgan fingerprint density at radius 3 is 2.36 bits per heavy atom. The van der Waals surface area contributed by atoms with Gasteiger partial charge in [-0.25, -0.2) is 15.0 Å². The first-order valence-electron chi connectivity index (χ1n) is 12.5.